The number of benzene rings is 1. The van der Waals surface area contributed by atoms with Crippen LogP contribution in [0.5, 0.6) is 5.75 Å². The van der Waals surface area contributed by atoms with Crippen molar-refractivity contribution in [1.82, 2.24) is 20.0 Å². The first-order valence-corrected chi connectivity index (χ1v) is 17.7. The van der Waals surface area contributed by atoms with Crippen LogP contribution in [0.25, 0.3) is 0 Å². The van der Waals surface area contributed by atoms with Crippen LogP contribution in [0.15, 0.2) is 36.7 Å². The average molecular weight is 662 g/mol. The molecule has 0 spiro atoms. The molecule has 2 unspecified atom stereocenters. The molecule has 15 heteroatoms. The second kappa shape index (κ2) is 13.1. The van der Waals surface area contributed by atoms with E-state index in [0.29, 0.717) is 24.9 Å². The molecule has 0 bridgehead atoms. The van der Waals surface area contributed by atoms with Crippen molar-refractivity contribution in [3.8, 4) is 5.75 Å². The summed E-state index contributed by atoms with van der Waals surface area (Å²) in [5.74, 6) is 1.72. The van der Waals surface area contributed by atoms with E-state index in [1.54, 1.807) is 0 Å². The quantitative estimate of drug-likeness (QED) is 0.146. The summed E-state index contributed by atoms with van der Waals surface area (Å²) in [4.78, 5) is 30.8. The molecule has 46 heavy (non-hydrogen) atoms. The molecule has 0 radical (unpaired) electrons. The number of carbonyl (C=O) groups excluding carboxylic acids is 1. The molecule has 2 N–H and O–H groups in total. The lowest BCUT2D eigenvalue weighted by Gasteiger charge is -2.41. The molecule has 3 aliphatic carbocycles. The maximum absolute atomic E-state index is 13.3. The monoisotopic (exact) mass is 661 g/mol. The second-order valence-electron chi connectivity index (χ2n) is 13.5. The fourth-order valence-electron chi connectivity index (χ4n) is 7.66. The number of halogens is 1. The molecule has 250 valence electrons. The van der Waals surface area contributed by atoms with Crippen LogP contribution in [0, 0.1) is 39.6 Å². The van der Waals surface area contributed by atoms with Gasteiger partial charge in [0.15, 0.2) is 5.82 Å². The molecule has 1 aromatic carbocycles. The van der Waals surface area contributed by atoms with Crippen LogP contribution in [-0.4, -0.2) is 73.2 Å². The van der Waals surface area contributed by atoms with Crippen molar-refractivity contribution >= 4 is 21.9 Å². The summed E-state index contributed by atoms with van der Waals surface area (Å²) in [6.45, 7) is 2.79. The largest absolute Gasteiger partial charge is 0.513 e. The maximum Gasteiger partial charge on any atom is 0.513 e. The Labute approximate surface area is 267 Å². The number of sulfonamides is 1. The summed E-state index contributed by atoms with van der Waals surface area (Å²) in [6, 6.07) is 4.85. The van der Waals surface area contributed by atoms with E-state index in [0.717, 1.165) is 44.3 Å². The molecule has 2 aromatic rings. The third-order valence-electron chi connectivity index (χ3n) is 10.4. The van der Waals surface area contributed by atoms with Crippen LogP contribution in [0.1, 0.15) is 57.7 Å². The Hall–Kier alpha value is -3.27. The number of rotatable bonds is 12. The molecule has 13 nitrogen and oxygen atoms in total. The van der Waals surface area contributed by atoms with Crippen molar-refractivity contribution in [3.05, 3.63) is 58.4 Å². The molecular formula is C31H40FN5O8S. The Morgan fingerprint density at radius 2 is 1.89 bits per heavy atom. The molecule has 4 fully saturated rings. The van der Waals surface area contributed by atoms with Crippen molar-refractivity contribution in [2.24, 2.45) is 23.7 Å². The molecule has 0 amide bonds. The van der Waals surface area contributed by atoms with E-state index in [9.17, 15) is 27.7 Å². The molecule has 3 saturated carbocycles. The molecule has 6 rings (SSSR count). The van der Waals surface area contributed by atoms with Crippen LogP contribution in [0.4, 0.5) is 14.9 Å². The second-order valence-corrected chi connectivity index (χ2v) is 15.3. The predicted octanol–water partition coefficient (Wildman–Crippen LogP) is 3.88. The Balaban J connectivity index is 0.946. The standard InChI is InChI=1S/C31H40FN5O8S/c1-18(20-9-19(10-20)16-44-30(38)45-24-5-3-23(4-6-24)37(39)40)26-12-27(36-46(2,41)42)28(35-26)17-43-25-7-8-31(13-21(31)11-25)29-33-14-22(32)15-34-29/h3-6,14-15,18-21,25-28,35-36H,7-13,16-17H2,1-2H3/t18?,19?,20?,21-,25+,26?,27+,28+,31-/m1/s1. The van der Waals surface area contributed by atoms with Crippen LogP contribution in [-0.2, 0) is 24.9 Å². The first-order valence-electron chi connectivity index (χ1n) is 15.8. The molecule has 4 aliphatic rings. The van der Waals surface area contributed by atoms with Crippen LogP contribution in [0.2, 0.25) is 0 Å². The van der Waals surface area contributed by atoms with E-state index >= 15 is 0 Å². The number of nitro benzene ring substituents is 1. The smallest absolute Gasteiger partial charge is 0.434 e. The van der Waals surface area contributed by atoms with Gasteiger partial charge in [0.05, 0.1) is 42.9 Å². The first-order chi connectivity index (χ1) is 21.9. The predicted molar refractivity (Wildman–Crippen MR) is 163 cm³/mol. The highest BCUT2D eigenvalue weighted by atomic mass is 32.2. The maximum atomic E-state index is 13.3. The van der Waals surface area contributed by atoms with Crippen molar-refractivity contribution in [3.63, 3.8) is 0 Å². The first kappa shape index (κ1) is 32.7. The Morgan fingerprint density at radius 3 is 2.54 bits per heavy atom. The van der Waals surface area contributed by atoms with Crippen LogP contribution < -0.4 is 14.8 Å². The number of carbonyl (C=O) groups is 1. The number of fused-ring (bicyclic) bond motifs is 1. The highest BCUT2D eigenvalue weighted by molar-refractivity contribution is 7.88. The summed E-state index contributed by atoms with van der Waals surface area (Å²) in [7, 11) is -3.42. The topological polar surface area (TPSA) is 172 Å². The van der Waals surface area contributed by atoms with Gasteiger partial charge in [-0.2, -0.15) is 0 Å². The van der Waals surface area contributed by atoms with Crippen molar-refractivity contribution in [2.75, 3.05) is 19.5 Å². The van der Waals surface area contributed by atoms with Gasteiger partial charge in [-0.25, -0.2) is 32.3 Å². The Morgan fingerprint density at radius 1 is 1.17 bits per heavy atom. The van der Waals surface area contributed by atoms with Gasteiger partial charge in [-0.15, -0.1) is 0 Å². The number of ether oxygens (including phenoxy) is 3. The van der Waals surface area contributed by atoms with Gasteiger partial charge in [-0.1, -0.05) is 6.92 Å². The van der Waals surface area contributed by atoms with Gasteiger partial charge < -0.3 is 19.5 Å². The lowest BCUT2D eigenvalue weighted by molar-refractivity contribution is -0.384. The van der Waals surface area contributed by atoms with E-state index in [1.165, 1.54) is 42.9 Å². The molecule has 1 aromatic heterocycles. The van der Waals surface area contributed by atoms with Gasteiger partial charge >= 0.3 is 6.16 Å². The van der Waals surface area contributed by atoms with Gasteiger partial charge in [0.2, 0.25) is 10.0 Å². The zero-order valence-corrected chi connectivity index (χ0v) is 26.7. The number of hydrogen-bond acceptors (Lipinski definition) is 11. The van der Waals surface area contributed by atoms with Gasteiger partial charge in [-0.3, -0.25) is 10.1 Å². The summed E-state index contributed by atoms with van der Waals surface area (Å²) in [5, 5.41) is 14.4. The fourth-order valence-corrected chi connectivity index (χ4v) is 8.47. The number of non-ortho nitro benzene ring substituents is 1. The molecular weight excluding hydrogens is 621 g/mol. The zero-order valence-electron chi connectivity index (χ0n) is 25.8. The minimum Gasteiger partial charge on any atom is -0.434 e. The van der Waals surface area contributed by atoms with Crippen molar-refractivity contribution in [2.45, 2.75) is 81.5 Å². The van der Waals surface area contributed by atoms with Crippen LogP contribution >= 0.6 is 0 Å². The zero-order chi connectivity index (χ0) is 32.6. The highest BCUT2D eigenvalue weighted by Crippen LogP contribution is 2.61. The van der Waals surface area contributed by atoms with Gasteiger partial charge in [-0.05, 0) is 80.8 Å². The lowest BCUT2D eigenvalue weighted by atomic mass is 9.67. The van der Waals surface area contributed by atoms with Gasteiger partial charge in [0.25, 0.3) is 5.69 Å². The number of nitrogens with one attached hydrogen (secondary N) is 2. The molecule has 1 saturated heterocycles. The normalized spacial score (nSPS) is 32.5. The molecule has 7 atom stereocenters. The third-order valence-corrected chi connectivity index (χ3v) is 11.1. The Bertz CT molecular complexity index is 1520. The fraction of sp³-hybridized carbons (Fsp3) is 0.645. The lowest BCUT2D eigenvalue weighted by Crippen LogP contribution is -2.47. The number of nitro groups is 1. The third kappa shape index (κ3) is 7.48. The van der Waals surface area contributed by atoms with E-state index in [-0.39, 0.29) is 59.5 Å². The average Bonchev–Trinajstić information content (AvgIpc) is 3.59. The van der Waals surface area contributed by atoms with E-state index in [2.05, 4.69) is 26.9 Å². The minimum atomic E-state index is -3.42. The number of hydrogen-bond donors (Lipinski definition) is 2. The van der Waals surface area contributed by atoms with Crippen LogP contribution in [0.3, 0.4) is 0 Å². The van der Waals surface area contributed by atoms with E-state index in [4.69, 9.17) is 14.2 Å². The SMILES string of the molecule is CC(C1CC(COC(=O)Oc2ccc([N+](=O)[O-])cc2)C1)C1C[C@H](NS(C)(=O)=O)[C@H](CO[C@H]2CC[C@@]3(c4ncc(F)cn4)C[C@H]3C2)N1. The summed E-state index contributed by atoms with van der Waals surface area (Å²) >= 11 is 0. The van der Waals surface area contributed by atoms with Gasteiger partial charge in [0, 0.05) is 35.7 Å². The highest BCUT2D eigenvalue weighted by Gasteiger charge is 2.60. The Kier molecular flexibility index (Phi) is 9.29. The summed E-state index contributed by atoms with van der Waals surface area (Å²) < 4.78 is 57.3. The molecule has 1 aliphatic heterocycles. The molecule has 2 heterocycles. The van der Waals surface area contributed by atoms with Crippen molar-refractivity contribution in [1.29, 1.82) is 0 Å². The summed E-state index contributed by atoms with van der Waals surface area (Å²) in [6.07, 6.45) is 8.84. The number of aromatic nitrogens is 2. The van der Waals surface area contributed by atoms with Crippen molar-refractivity contribution < 1.29 is 36.7 Å². The summed E-state index contributed by atoms with van der Waals surface area (Å²) in [5.41, 5.74) is -0.169. The minimum absolute atomic E-state index is 0.0673. The van der Waals surface area contributed by atoms with E-state index < -0.39 is 26.9 Å². The van der Waals surface area contributed by atoms with E-state index in [1.807, 2.05) is 0 Å². The van der Waals surface area contributed by atoms with Gasteiger partial charge in [0.1, 0.15) is 11.6 Å². The number of nitrogens with zero attached hydrogens (tertiary/aromatic N) is 3.